The van der Waals surface area contributed by atoms with E-state index < -0.39 is 0 Å². The summed E-state index contributed by atoms with van der Waals surface area (Å²) in [6.07, 6.45) is 0. The Morgan fingerprint density at radius 1 is 1.23 bits per heavy atom. The summed E-state index contributed by atoms with van der Waals surface area (Å²) in [4.78, 5) is 13.2. The van der Waals surface area contributed by atoms with Crippen molar-refractivity contribution < 1.29 is 9.26 Å². The van der Waals surface area contributed by atoms with Crippen LogP contribution in [0, 0.1) is 6.92 Å². The van der Waals surface area contributed by atoms with E-state index in [1.54, 1.807) is 21.1 Å². The van der Waals surface area contributed by atoms with Gasteiger partial charge in [-0.25, -0.2) is 0 Å². The van der Waals surface area contributed by atoms with E-state index in [0.717, 1.165) is 37.9 Å². The van der Waals surface area contributed by atoms with Crippen molar-refractivity contribution in [1.29, 1.82) is 0 Å². The molecule has 8 nitrogen and oxygen atoms in total. The van der Waals surface area contributed by atoms with E-state index in [2.05, 4.69) is 42.4 Å². The minimum absolute atomic E-state index is 0. The van der Waals surface area contributed by atoms with Gasteiger partial charge in [0.2, 0.25) is 5.89 Å². The van der Waals surface area contributed by atoms with Crippen LogP contribution < -0.4 is 15.0 Å². The van der Waals surface area contributed by atoms with E-state index in [-0.39, 0.29) is 24.0 Å². The number of anilines is 1. The number of nitrogens with zero attached hydrogens (tertiary/aromatic N) is 5. The van der Waals surface area contributed by atoms with Crippen LogP contribution in [-0.4, -0.2) is 61.3 Å². The monoisotopic (exact) mass is 472 g/mol. The van der Waals surface area contributed by atoms with Crippen LogP contribution in [0.2, 0.25) is 0 Å². The molecule has 142 valence electrons. The fourth-order valence-electron chi connectivity index (χ4n) is 2.87. The number of nitrogens with one attached hydrogen (secondary N) is 1. The molecule has 1 fully saturated rings. The fourth-order valence-corrected chi connectivity index (χ4v) is 2.87. The van der Waals surface area contributed by atoms with Gasteiger partial charge in [0, 0.05) is 38.9 Å². The zero-order valence-electron chi connectivity index (χ0n) is 15.3. The minimum Gasteiger partial charge on any atom is -0.497 e. The van der Waals surface area contributed by atoms with Gasteiger partial charge >= 0.3 is 0 Å². The SMILES string of the molecule is CN=C(NCc1nc(C)no1)N1CCN(c2ccc(OC)cc2)CC1.I. The van der Waals surface area contributed by atoms with Crippen LogP contribution in [0.3, 0.4) is 0 Å². The third kappa shape index (κ3) is 4.99. The Balaban J connectivity index is 0.00000243. The highest BCUT2D eigenvalue weighted by molar-refractivity contribution is 14.0. The standard InChI is InChI=1S/C17H24N6O2.HI/c1-13-20-16(25-21-13)12-19-17(18-2)23-10-8-22(9-11-23)14-4-6-15(24-3)7-5-14;/h4-7H,8-12H2,1-3H3,(H,18,19);1H. The molecule has 0 saturated carbocycles. The van der Waals surface area contributed by atoms with Crippen molar-refractivity contribution >= 4 is 35.6 Å². The van der Waals surface area contributed by atoms with Gasteiger partial charge in [-0.05, 0) is 31.2 Å². The van der Waals surface area contributed by atoms with Crippen LogP contribution in [0.5, 0.6) is 5.75 Å². The number of halogens is 1. The first-order valence-electron chi connectivity index (χ1n) is 8.33. The third-order valence-electron chi connectivity index (χ3n) is 4.20. The molecule has 1 aliphatic rings. The number of guanidine groups is 1. The highest BCUT2D eigenvalue weighted by Gasteiger charge is 2.20. The van der Waals surface area contributed by atoms with E-state index in [9.17, 15) is 0 Å². The van der Waals surface area contributed by atoms with Crippen LogP contribution in [0.1, 0.15) is 11.7 Å². The van der Waals surface area contributed by atoms with Gasteiger partial charge in [-0.3, -0.25) is 4.99 Å². The maximum atomic E-state index is 5.22. The highest BCUT2D eigenvalue weighted by atomic mass is 127. The van der Waals surface area contributed by atoms with Crippen LogP contribution in [0.25, 0.3) is 0 Å². The molecule has 3 rings (SSSR count). The lowest BCUT2D eigenvalue weighted by molar-refractivity contribution is 0.353. The summed E-state index contributed by atoms with van der Waals surface area (Å²) in [7, 11) is 3.47. The van der Waals surface area contributed by atoms with Gasteiger partial charge in [0.15, 0.2) is 11.8 Å². The number of aliphatic imine (C=N–C) groups is 1. The van der Waals surface area contributed by atoms with Crippen LogP contribution in [0.15, 0.2) is 33.8 Å². The molecule has 0 radical (unpaired) electrons. The number of piperazine rings is 1. The molecular weight excluding hydrogens is 447 g/mol. The number of methoxy groups -OCH3 is 1. The molecule has 0 bridgehead atoms. The van der Waals surface area contributed by atoms with Gasteiger partial charge < -0.3 is 24.4 Å². The molecule has 0 unspecified atom stereocenters. The number of ether oxygens (including phenoxy) is 1. The molecule has 2 heterocycles. The first kappa shape index (κ1) is 20.3. The average molecular weight is 472 g/mol. The zero-order chi connectivity index (χ0) is 17.6. The van der Waals surface area contributed by atoms with Crippen LogP contribution >= 0.6 is 24.0 Å². The number of benzene rings is 1. The third-order valence-corrected chi connectivity index (χ3v) is 4.20. The molecule has 1 aromatic heterocycles. The Morgan fingerprint density at radius 2 is 1.92 bits per heavy atom. The first-order chi connectivity index (χ1) is 12.2. The van der Waals surface area contributed by atoms with Gasteiger partial charge in [-0.2, -0.15) is 4.98 Å². The predicted molar refractivity (Wildman–Crippen MR) is 111 cm³/mol. The molecule has 0 spiro atoms. The Hall–Kier alpha value is -2.04. The summed E-state index contributed by atoms with van der Waals surface area (Å²) < 4.78 is 10.3. The fraction of sp³-hybridized carbons (Fsp3) is 0.471. The minimum atomic E-state index is 0. The maximum Gasteiger partial charge on any atom is 0.246 e. The summed E-state index contributed by atoms with van der Waals surface area (Å²) in [5.74, 6) is 2.93. The molecule has 0 aliphatic carbocycles. The van der Waals surface area contributed by atoms with Gasteiger partial charge in [-0.1, -0.05) is 5.16 Å². The summed E-state index contributed by atoms with van der Waals surface area (Å²) in [5.41, 5.74) is 1.21. The first-order valence-corrected chi connectivity index (χ1v) is 8.33. The van der Waals surface area contributed by atoms with Crippen molar-refractivity contribution in [3.63, 3.8) is 0 Å². The Bertz CT molecular complexity index is 710. The molecular formula is C17H25IN6O2. The molecule has 0 atom stereocenters. The molecule has 0 amide bonds. The predicted octanol–water partition coefficient (Wildman–Crippen LogP) is 1.90. The molecule has 1 N–H and O–H groups in total. The summed E-state index contributed by atoms with van der Waals surface area (Å²) in [6.45, 7) is 5.95. The number of hydrogen-bond donors (Lipinski definition) is 1. The van der Waals surface area contributed by atoms with E-state index in [0.29, 0.717) is 18.3 Å². The van der Waals surface area contributed by atoms with Gasteiger partial charge in [0.1, 0.15) is 5.75 Å². The number of rotatable bonds is 4. The number of hydrogen-bond acceptors (Lipinski definition) is 6. The highest BCUT2D eigenvalue weighted by Crippen LogP contribution is 2.20. The topological polar surface area (TPSA) is 79.0 Å². The normalized spacial score (nSPS) is 14.8. The van der Waals surface area contributed by atoms with Crippen LogP contribution in [-0.2, 0) is 6.54 Å². The van der Waals surface area contributed by atoms with Crippen molar-refractivity contribution in [2.75, 3.05) is 45.2 Å². The lowest BCUT2D eigenvalue weighted by Gasteiger charge is -2.37. The summed E-state index contributed by atoms with van der Waals surface area (Å²) in [6, 6.07) is 8.18. The lowest BCUT2D eigenvalue weighted by atomic mass is 10.2. The molecule has 2 aromatic rings. The summed E-state index contributed by atoms with van der Waals surface area (Å²) >= 11 is 0. The van der Waals surface area contributed by atoms with E-state index >= 15 is 0 Å². The molecule has 26 heavy (non-hydrogen) atoms. The van der Waals surface area contributed by atoms with Crippen molar-refractivity contribution in [3.8, 4) is 5.75 Å². The smallest absolute Gasteiger partial charge is 0.246 e. The quantitative estimate of drug-likeness (QED) is 0.414. The van der Waals surface area contributed by atoms with E-state index in [4.69, 9.17) is 9.26 Å². The Labute approximate surface area is 170 Å². The lowest BCUT2D eigenvalue weighted by Crippen LogP contribution is -2.52. The van der Waals surface area contributed by atoms with Crippen LogP contribution in [0.4, 0.5) is 5.69 Å². The van der Waals surface area contributed by atoms with Crippen molar-refractivity contribution in [2.45, 2.75) is 13.5 Å². The number of aryl methyl sites for hydroxylation is 1. The summed E-state index contributed by atoms with van der Waals surface area (Å²) in [5, 5.41) is 7.08. The zero-order valence-corrected chi connectivity index (χ0v) is 17.6. The van der Waals surface area contributed by atoms with Crippen molar-refractivity contribution in [2.24, 2.45) is 4.99 Å². The molecule has 1 saturated heterocycles. The van der Waals surface area contributed by atoms with Gasteiger partial charge in [-0.15, -0.1) is 24.0 Å². The molecule has 1 aliphatic heterocycles. The molecule has 1 aromatic carbocycles. The Kier molecular flexibility index (Phi) is 7.49. The second-order valence-corrected chi connectivity index (χ2v) is 5.81. The van der Waals surface area contributed by atoms with Gasteiger partial charge in [0.05, 0.1) is 13.7 Å². The average Bonchev–Trinajstić information content (AvgIpc) is 3.08. The van der Waals surface area contributed by atoms with Crippen molar-refractivity contribution in [3.05, 3.63) is 36.0 Å². The maximum absolute atomic E-state index is 5.22. The van der Waals surface area contributed by atoms with Crippen molar-refractivity contribution in [1.82, 2.24) is 20.4 Å². The second kappa shape index (κ2) is 9.60. The Morgan fingerprint density at radius 3 is 2.46 bits per heavy atom. The second-order valence-electron chi connectivity index (χ2n) is 5.81. The number of aromatic nitrogens is 2. The molecule has 9 heteroatoms. The van der Waals surface area contributed by atoms with E-state index in [1.165, 1.54) is 5.69 Å². The largest absolute Gasteiger partial charge is 0.497 e. The van der Waals surface area contributed by atoms with Gasteiger partial charge in [0.25, 0.3) is 0 Å². The van der Waals surface area contributed by atoms with E-state index in [1.807, 2.05) is 12.1 Å².